The van der Waals surface area contributed by atoms with Crippen LogP contribution in [0, 0.1) is 11.3 Å². The van der Waals surface area contributed by atoms with Gasteiger partial charge in [0.05, 0.1) is 18.3 Å². The molecule has 0 unspecified atom stereocenters. The van der Waals surface area contributed by atoms with Crippen molar-refractivity contribution in [1.82, 2.24) is 9.80 Å². The Morgan fingerprint density at radius 2 is 2.00 bits per heavy atom. The Bertz CT molecular complexity index is 470. The van der Waals surface area contributed by atoms with Crippen molar-refractivity contribution in [2.45, 2.75) is 0 Å². The third-order valence-corrected chi connectivity index (χ3v) is 2.40. The van der Waals surface area contributed by atoms with Gasteiger partial charge in [-0.2, -0.15) is 5.26 Å². The first-order valence-electron chi connectivity index (χ1n) is 4.90. The second-order valence-corrected chi connectivity index (χ2v) is 3.66. The summed E-state index contributed by atoms with van der Waals surface area (Å²) in [6, 6.07) is 8.67. The van der Waals surface area contributed by atoms with E-state index >= 15 is 0 Å². The van der Waals surface area contributed by atoms with Crippen LogP contribution in [0.5, 0.6) is 0 Å². The second kappa shape index (κ2) is 4.07. The predicted octanol–water partition coefficient (Wildman–Crippen LogP) is 1.37. The number of carbonyl (C=O) groups excluding carboxylic acids is 1. The first kappa shape index (κ1) is 10.2. The van der Waals surface area contributed by atoms with Crippen LogP contribution in [-0.2, 0) is 0 Å². The van der Waals surface area contributed by atoms with Crippen LogP contribution in [0.1, 0.15) is 15.9 Å². The van der Waals surface area contributed by atoms with Crippen molar-refractivity contribution in [3.8, 4) is 6.07 Å². The van der Waals surface area contributed by atoms with Crippen molar-refractivity contribution in [3.63, 3.8) is 0 Å². The lowest BCUT2D eigenvalue weighted by Gasteiger charge is -2.16. The number of nitrogens with zero attached hydrogens (tertiary/aromatic N) is 3. The molecule has 1 aliphatic heterocycles. The van der Waals surface area contributed by atoms with Crippen LogP contribution in [0.15, 0.2) is 36.7 Å². The summed E-state index contributed by atoms with van der Waals surface area (Å²) in [5, 5.41) is 8.65. The smallest absolute Gasteiger partial charge is 0.259 e. The van der Waals surface area contributed by atoms with Crippen LogP contribution in [0.4, 0.5) is 0 Å². The fourth-order valence-electron chi connectivity index (χ4n) is 1.51. The van der Waals surface area contributed by atoms with E-state index in [1.54, 1.807) is 35.4 Å². The summed E-state index contributed by atoms with van der Waals surface area (Å²) in [6.45, 7) is 0.568. The lowest BCUT2D eigenvalue weighted by molar-refractivity contribution is 0.0803. The highest BCUT2D eigenvalue weighted by atomic mass is 16.2. The Balaban J connectivity index is 2.16. The standard InChI is InChI=1S/C12H11N3O/c1-14-6-7-15(9-14)12(16)11-4-2-10(8-13)3-5-11/h2-7H,9H2,1H3. The molecular formula is C12H11N3O. The Morgan fingerprint density at radius 3 is 2.50 bits per heavy atom. The minimum Gasteiger partial charge on any atom is -0.361 e. The third kappa shape index (κ3) is 1.89. The SMILES string of the molecule is CN1C=CN(C(=O)c2ccc(C#N)cc2)C1. The highest BCUT2D eigenvalue weighted by molar-refractivity contribution is 5.95. The molecule has 1 heterocycles. The molecule has 1 aromatic carbocycles. The molecule has 1 aliphatic rings. The average molecular weight is 213 g/mol. The minimum atomic E-state index is -0.0508. The maximum absolute atomic E-state index is 12.0. The fraction of sp³-hybridized carbons (Fsp3) is 0.167. The van der Waals surface area contributed by atoms with E-state index in [9.17, 15) is 4.79 Å². The summed E-state index contributed by atoms with van der Waals surface area (Å²) in [5.41, 5.74) is 1.16. The zero-order valence-corrected chi connectivity index (χ0v) is 8.92. The first-order chi connectivity index (χ1) is 7.70. The summed E-state index contributed by atoms with van der Waals surface area (Å²) in [5.74, 6) is -0.0508. The lowest BCUT2D eigenvalue weighted by atomic mass is 10.1. The molecule has 1 amide bonds. The summed E-state index contributed by atoms with van der Waals surface area (Å²) < 4.78 is 0. The van der Waals surface area contributed by atoms with Crippen molar-refractivity contribution in [3.05, 3.63) is 47.8 Å². The van der Waals surface area contributed by atoms with Crippen molar-refractivity contribution in [2.75, 3.05) is 13.7 Å². The summed E-state index contributed by atoms with van der Waals surface area (Å²) >= 11 is 0. The molecule has 0 saturated carbocycles. The fourth-order valence-corrected chi connectivity index (χ4v) is 1.51. The topological polar surface area (TPSA) is 47.3 Å². The Hall–Kier alpha value is -2.28. The normalized spacial score (nSPS) is 14.0. The van der Waals surface area contributed by atoms with Crippen molar-refractivity contribution >= 4 is 5.91 Å². The number of hydrogen-bond donors (Lipinski definition) is 0. The Labute approximate surface area is 94.0 Å². The van der Waals surface area contributed by atoms with Crippen LogP contribution in [-0.4, -0.2) is 29.4 Å². The highest BCUT2D eigenvalue weighted by Gasteiger charge is 2.17. The molecule has 0 fully saturated rings. The van der Waals surface area contributed by atoms with Gasteiger partial charge in [-0.05, 0) is 24.3 Å². The van der Waals surface area contributed by atoms with E-state index in [1.807, 2.05) is 24.2 Å². The zero-order valence-electron chi connectivity index (χ0n) is 8.92. The van der Waals surface area contributed by atoms with Gasteiger partial charge in [-0.1, -0.05) is 0 Å². The lowest BCUT2D eigenvalue weighted by Crippen LogP contribution is -2.28. The van der Waals surface area contributed by atoms with E-state index in [1.165, 1.54) is 0 Å². The molecule has 0 saturated heterocycles. The number of amides is 1. The van der Waals surface area contributed by atoms with Crippen molar-refractivity contribution in [1.29, 1.82) is 5.26 Å². The van der Waals surface area contributed by atoms with Gasteiger partial charge in [0.1, 0.15) is 0 Å². The van der Waals surface area contributed by atoms with Gasteiger partial charge in [-0.15, -0.1) is 0 Å². The highest BCUT2D eigenvalue weighted by Crippen LogP contribution is 2.11. The van der Waals surface area contributed by atoms with E-state index in [0.29, 0.717) is 17.8 Å². The van der Waals surface area contributed by atoms with Gasteiger partial charge in [0.15, 0.2) is 0 Å². The van der Waals surface area contributed by atoms with Gasteiger partial charge in [0.2, 0.25) is 0 Å². The molecule has 0 radical (unpaired) electrons. The number of benzene rings is 1. The molecule has 0 atom stereocenters. The molecule has 0 spiro atoms. The average Bonchev–Trinajstić information content (AvgIpc) is 2.75. The maximum atomic E-state index is 12.0. The number of nitriles is 1. The molecule has 4 heteroatoms. The van der Waals surface area contributed by atoms with E-state index in [-0.39, 0.29) is 5.91 Å². The third-order valence-electron chi connectivity index (χ3n) is 2.40. The van der Waals surface area contributed by atoms with Crippen LogP contribution < -0.4 is 0 Å². The quantitative estimate of drug-likeness (QED) is 0.708. The van der Waals surface area contributed by atoms with Crippen molar-refractivity contribution < 1.29 is 4.79 Å². The summed E-state index contributed by atoms with van der Waals surface area (Å²) in [4.78, 5) is 15.5. The van der Waals surface area contributed by atoms with Gasteiger partial charge < -0.3 is 4.90 Å². The molecule has 0 aliphatic carbocycles. The molecule has 4 nitrogen and oxygen atoms in total. The molecule has 16 heavy (non-hydrogen) atoms. The first-order valence-corrected chi connectivity index (χ1v) is 4.90. The molecule has 80 valence electrons. The van der Waals surface area contributed by atoms with E-state index in [2.05, 4.69) is 0 Å². The van der Waals surface area contributed by atoms with Crippen LogP contribution in [0.3, 0.4) is 0 Å². The number of carbonyl (C=O) groups is 1. The van der Waals surface area contributed by atoms with Crippen molar-refractivity contribution in [2.24, 2.45) is 0 Å². The van der Waals surface area contributed by atoms with E-state index < -0.39 is 0 Å². The summed E-state index contributed by atoms with van der Waals surface area (Å²) in [6.07, 6.45) is 3.60. The van der Waals surface area contributed by atoms with Gasteiger partial charge in [0.25, 0.3) is 5.91 Å². The molecule has 0 N–H and O–H groups in total. The zero-order chi connectivity index (χ0) is 11.5. The molecule has 2 rings (SSSR count). The van der Waals surface area contributed by atoms with Crippen LogP contribution in [0.25, 0.3) is 0 Å². The molecule has 1 aromatic rings. The molecular weight excluding hydrogens is 202 g/mol. The number of rotatable bonds is 1. The predicted molar refractivity (Wildman–Crippen MR) is 59.1 cm³/mol. The molecule has 0 bridgehead atoms. The second-order valence-electron chi connectivity index (χ2n) is 3.66. The van der Waals surface area contributed by atoms with Gasteiger partial charge in [-0.3, -0.25) is 9.69 Å². The number of hydrogen-bond acceptors (Lipinski definition) is 3. The maximum Gasteiger partial charge on any atom is 0.259 e. The monoisotopic (exact) mass is 213 g/mol. The van der Waals surface area contributed by atoms with Gasteiger partial charge in [0, 0.05) is 25.0 Å². The minimum absolute atomic E-state index is 0.0508. The summed E-state index contributed by atoms with van der Waals surface area (Å²) in [7, 11) is 1.91. The molecule has 0 aromatic heterocycles. The largest absolute Gasteiger partial charge is 0.361 e. The van der Waals surface area contributed by atoms with Gasteiger partial charge >= 0.3 is 0 Å². The van der Waals surface area contributed by atoms with Crippen LogP contribution in [0.2, 0.25) is 0 Å². The van der Waals surface area contributed by atoms with E-state index in [0.717, 1.165) is 0 Å². The Kier molecular flexibility index (Phi) is 2.61. The van der Waals surface area contributed by atoms with E-state index in [4.69, 9.17) is 5.26 Å². The van der Waals surface area contributed by atoms with Crippen LogP contribution >= 0.6 is 0 Å². The van der Waals surface area contributed by atoms with Gasteiger partial charge in [-0.25, -0.2) is 0 Å². The Morgan fingerprint density at radius 1 is 1.31 bits per heavy atom.